The number of nitriles is 1. The molecule has 2 aliphatic rings. The number of likely N-dealkylation sites (tertiary alicyclic amines) is 1. The predicted octanol–water partition coefficient (Wildman–Crippen LogP) is 4.27. The summed E-state index contributed by atoms with van der Waals surface area (Å²) in [6.07, 6.45) is 0.904. The monoisotopic (exact) mass is 631 g/mol. The number of benzene rings is 2. The Balaban J connectivity index is 1.50. The molecule has 3 heterocycles. The number of imide groups is 1. The fourth-order valence-electron chi connectivity index (χ4n) is 5.30. The van der Waals surface area contributed by atoms with Gasteiger partial charge in [0.15, 0.2) is 0 Å². The van der Waals surface area contributed by atoms with Crippen LogP contribution in [-0.2, 0) is 14.8 Å². The lowest BCUT2D eigenvalue weighted by Gasteiger charge is -2.28. The summed E-state index contributed by atoms with van der Waals surface area (Å²) in [5, 5.41) is 14.3. The molecule has 0 bridgehead atoms. The number of sulfonamides is 1. The number of thiophene rings is 1. The van der Waals surface area contributed by atoms with Crippen LogP contribution in [0.15, 0.2) is 53.9 Å². The van der Waals surface area contributed by atoms with E-state index in [0.717, 1.165) is 21.6 Å². The first-order valence-electron chi connectivity index (χ1n) is 12.3. The van der Waals surface area contributed by atoms with Crippen LogP contribution in [0.25, 0.3) is 0 Å². The Hall–Kier alpha value is -3.47. The van der Waals surface area contributed by atoms with Crippen molar-refractivity contribution in [1.82, 2.24) is 14.9 Å². The average molecular weight is 633 g/mol. The molecule has 14 heteroatoms. The molecule has 212 valence electrons. The molecule has 0 radical (unpaired) electrons. The van der Waals surface area contributed by atoms with Gasteiger partial charge in [0.2, 0.25) is 10.0 Å². The van der Waals surface area contributed by atoms with E-state index >= 15 is 0 Å². The van der Waals surface area contributed by atoms with Crippen molar-refractivity contribution >= 4 is 68.1 Å². The molecule has 10 nitrogen and oxygen atoms in total. The maximum atomic E-state index is 14.2. The maximum Gasteiger partial charge on any atom is 0.329 e. The molecule has 3 atom stereocenters. The van der Waals surface area contributed by atoms with Gasteiger partial charge in [0.25, 0.3) is 11.8 Å². The number of carbonyl (C=O) groups excluding carboxylic acids is 3. The van der Waals surface area contributed by atoms with Crippen LogP contribution in [0.5, 0.6) is 0 Å². The van der Waals surface area contributed by atoms with Gasteiger partial charge in [-0.2, -0.15) is 5.26 Å². The molecule has 2 aromatic carbocycles. The summed E-state index contributed by atoms with van der Waals surface area (Å²) in [6.45, 7) is 2.43. The van der Waals surface area contributed by atoms with Gasteiger partial charge in [-0.1, -0.05) is 35.3 Å². The van der Waals surface area contributed by atoms with Crippen molar-refractivity contribution < 1.29 is 22.8 Å². The molecule has 1 spiro atoms. The van der Waals surface area contributed by atoms with Crippen LogP contribution in [0.1, 0.15) is 45.2 Å². The molecule has 5 rings (SSSR count). The molecule has 2 N–H and O–H groups in total. The first-order valence-corrected chi connectivity index (χ1v) is 15.8. The number of carbonyl (C=O) groups is 3. The molecule has 2 saturated heterocycles. The Morgan fingerprint density at radius 3 is 2.44 bits per heavy atom. The fourth-order valence-corrected chi connectivity index (χ4v) is 7.25. The van der Waals surface area contributed by atoms with Gasteiger partial charge in [-0.25, -0.2) is 22.8 Å². The third kappa shape index (κ3) is 5.56. The van der Waals surface area contributed by atoms with Gasteiger partial charge in [0.1, 0.15) is 5.54 Å². The van der Waals surface area contributed by atoms with Crippen molar-refractivity contribution in [3.05, 3.63) is 85.5 Å². The second kappa shape index (κ2) is 10.7. The normalized spacial score (nSPS) is 21.6. The highest BCUT2D eigenvalue weighted by Gasteiger charge is 2.61. The van der Waals surface area contributed by atoms with Crippen LogP contribution in [0.4, 0.5) is 10.5 Å². The smallest absolute Gasteiger partial charge is 0.321 e. The topological polar surface area (TPSA) is 140 Å². The number of rotatable bonds is 6. The zero-order valence-corrected chi connectivity index (χ0v) is 24.9. The van der Waals surface area contributed by atoms with Gasteiger partial charge >= 0.3 is 6.03 Å². The number of anilines is 1. The van der Waals surface area contributed by atoms with Gasteiger partial charge in [-0.3, -0.25) is 14.5 Å². The third-order valence-electron chi connectivity index (χ3n) is 7.25. The SMILES string of the molecule is CC(c1cc(C(=O)NS(C)(=O)=O)cs1)N1C[C@@H](c2ccc(C#N)cc2)[C@@]2(C1)NC(=O)N(c1cc(Cl)cc(Cl)c1)C2=O. The highest BCUT2D eigenvalue weighted by atomic mass is 35.5. The van der Waals surface area contributed by atoms with Crippen LogP contribution in [0.3, 0.4) is 0 Å². The van der Waals surface area contributed by atoms with Gasteiger partial charge in [-0.15, -0.1) is 11.3 Å². The van der Waals surface area contributed by atoms with Crippen molar-refractivity contribution in [2.45, 2.75) is 24.4 Å². The fraction of sp³-hybridized carbons (Fsp3) is 0.259. The van der Waals surface area contributed by atoms with Crippen LogP contribution in [0.2, 0.25) is 10.0 Å². The Morgan fingerprint density at radius 2 is 1.83 bits per heavy atom. The number of halogens is 2. The average Bonchev–Trinajstić information content (AvgIpc) is 3.59. The molecular formula is C27H23Cl2N5O5S2. The molecule has 41 heavy (non-hydrogen) atoms. The van der Waals surface area contributed by atoms with Crippen molar-refractivity contribution in [3.8, 4) is 6.07 Å². The second-order valence-electron chi connectivity index (χ2n) is 10.0. The van der Waals surface area contributed by atoms with Crippen molar-refractivity contribution in [2.24, 2.45) is 0 Å². The molecular weight excluding hydrogens is 609 g/mol. The van der Waals surface area contributed by atoms with Crippen LogP contribution in [-0.4, -0.2) is 56.0 Å². The minimum absolute atomic E-state index is 0.150. The summed E-state index contributed by atoms with van der Waals surface area (Å²) in [5.74, 6) is -1.68. The number of urea groups is 1. The minimum Gasteiger partial charge on any atom is -0.321 e. The lowest BCUT2D eigenvalue weighted by molar-refractivity contribution is -0.122. The van der Waals surface area contributed by atoms with Crippen LogP contribution < -0.4 is 14.9 Å². The molecule has 0 saturated carbocycles. The van der Waals surface area contributed by atoms with Gasteiger partial charge < -0.3 is 5.32 Å². The van der Waals surface area contributed by atoms with E-state index in [2.05, 4.69) is 11.4 Å². The zero-order chi connectivity index (χ0) is 29.7. The largest absolute Gasteiger partial charge is 0.329 e. The highest BCUT2D eigenvalue weighted by Crippen LogP contribution is 2.45. The summed E-state index contributed by atoms with van der Waals surface area (Å²) >= 11 is 13.6. The van der Waals surface area contributed by atoms with E-state index in [9.17, 15) is 28.1 Å². The maximum absolute atomic E-state index is 14.2. The van der Waals surface area contributed by atoms with E-state index in [-0.39, 0.29) is 33.9 Å². The van der Waals surface area contributed by atoms with E-state index < -0.39 is 39.3 Å². The summed E-state index contributed by atoms with van der Waals surface area (Å²) < 4.78 is 25.0. The summed E-state index contributed by atoms with van der Waals surface area (Å²) in [6, 6.07) is 14.2. The zero-order valence-electron chi connectivity index (χ0n) is 21.7. The number of nitrogens with one attached hydrogen (secondary N) is 2. The van der Waals surface area contributed by atoms with Gasteiger partial charge in [0.05, 0.1) is 29.1 Å². The first kappa shape index (κ1) is 29.0. The third-order valence-corrected chi connectivity index (χ3v) is 9.34. The lowest BCUT2D eigenvalue weighted by atomic mass is 9.81. The Kier molecular flexibility index (Phi) is 7.61. The molecule has 1 unspecified atom stereocenters. The van der Waals surface area contributed by atoms with E-state index in [1.807, 2.05) is 16.5 Å². The Labute approximate surface area is 250 Å². The lowest BCUT2D eigenvalue weighted by Crippen LogP contribution is -2.53. The number of amides is 4. The van der Waals surface area contributed by atoms with Crippen molar-refractivity contribution in [3.63, 3.8) is 0 Å². The van der Waals surface area contributed by atoms with Crippen molar-refractivity contribution in [2.75, 3.05) is 24.2 Å². The predicted molar refractivity (Wildman–Crippen MR) is 156 cm³/mol. The van der Waals surface area contributed by atoms with Crippen LogP contribution in [0, 0.1) is 11.3 Å². The van der Waals surface area contributed by atoms with E-state index in [1.54, 1.807) is 35.7 Å². The molecule has 3 aromatic rings. The Morgan fingerprint density at radius 1 is 1.17 bits per heavy atom. The minimum atomic E-state index is -3.73. The summed E-state index contributed by atoms with van der Waals surface area (Å²) in [7, 11) is -3.73. The van der Waals surface area contributed by atoms with Crippen LogP contribution >= 0.6 is 34.5 Å². The molecule has 1 aromatic heterocycles. The molecule has 0 aliphatic carbocycles. The summed E-state index contributed by atoms with van der Waals surface area (Å²) in [5.41, 5.74) is 0.322. The van der Waals surface area contributed by atoms with E-state index in [4.69, 9.17) is 23.2 Å². The van der Waals surface area contributed by atoms with E-state index in [0.29, 0.717) is 12.1 Å². The Bertz CT molecular complexity index is 1700. The number of hydrogen-bond donors (Lipinski definition) is 2. The quantitative estimate of drug-likeness (QED) is 0.387. The van der Waals surface area contributed by atoms with Gasteiger partial charge in [-0.05, 0) is 48.9 Å². The van der Waals surface area contributed by atoms with Crippen molar-refractivity contribution in [1.29, 1.82) is 5.26 Å². The second-order valence-corrected chi connectivity index (χ2v) is 13.6. The number of nitrogens with zero attached hydrogens (tertiary/aromatic N) is 3. The van der Waals surface area contributed by atoms with E-state index in [1.165, 1.54) is 29.5 Å². The molecule has 2 fully saturated rings. The first-order chi connectivity index (χ1) is 19.3. The molecule has 4 amide bonds. The standard InChI is InChI=1S/C27H23Cl2N5O5S2/c1-15(23-7-18(13-40-23)24(35)32-41(2,38)39)33-12-22(17-5-3-16(11-30)4-6-17)27(14-33)25(36)34(26(37)31-27)21-9-19(28)8-20(29)10-21/h3-10,13,15,22H,12,14H2,1-2H3,(H,31,37)(H,32,35)/t15?,22-,27+/m0/s1. The highest BCUT2D eigenvalue weighted by molar-refractivity contribution is 7.89. The number of hydrogen-bond acceptors (Lipinski definition) is 8. The van der Waals surface area contributed by atoms with Gasteiger partial charge in [0, 0.05) is 45.4 Å². The summed E-state index contributed by atoms with van der Waals surface area (Å²) in [4.78, 5) is 43.7. The molecule has 2 aliphatic heterocycles.